The number of piperazine rings is 1. The van der Waals surface area contributed by atoms with E-state index in [0.717, 1.165) is 22.6 Å². The van der Waals surface area contributed by atoms with Gasteiger partial charge in [-0.05, 0) is 35.4 Å². The second kappa shape index (κ2) is 11.0. The summed E-state index contributed by atoms with van der Waals surface area (Å²) < 4.78 is 10.7. The number of carbonyl (C=O) groups excluding carboxylic acids is 2. The number of hydrogen-bond acceptors (Lipinski definition) is 5. The maximum atomic E-state index is 12.5. The Morgan fingerprint density at radius 3 is 2.47 bits per heavy atom. The number of amides is 2. The molecule has 2 aromatic rings. The molecule has 3 N–H and O–H groups in total. The van der Waals surface area contributed by atoms with Gasteiger partial charge in [-0.25, -0.2) is 0 Å². The zero-order chi connectivity index (χ0) is 21.6. The molecule has 2 heterocycles. The molecule has 1 fully saturated rings. The number of fused-ring (bicyclic) bond motifs is 1. The van der Waals surface area contributed by atoms with Gasteiger partial charge in [-0.2, -0.15) is 0 Å². The van der Waals surface area contributed by atoms with Gasteiger partial charge in [0.15, 0.2) is 17.5 Å². The average molecular weight is 551 g/mol. The Hall–Kier alpha value is -3.02. The molecule has 4 rings (SSSR count). The Labute approximate surface area is 203 Å². The zero-order valence-electron chi connectivity index (χ0n) is 17.7. The quantitative estimate of drug-likeness (QED) is 0.296. The van der Waals surface area contributed by atoms with Crippen molar-refractivity contribution in [2.75, 3.05) is 33.5 Å². The fourth-order valence-electron chi connectivity index (χ4n) is 3.40. The van der Waals surface area contributed by atoms with Crippen LogP contribution >= 0.6 is 24.0 Å². The second-order valence-corrected chi connectivity index (χ2v) is 7.24. The summed E-state index contributed by atoms with van der Waals surface area (Å²) in [7, 11) is 1.71. The summed E-state index contributed by atoms with van der Waals surface area (Å²) in [5.74, 6) is 1.92. The minimum atomic E-state index is -0.129. The van der Waals surface area contributed by atoms with Gasteiger partial charge >= 0.3 is 0 Å². The lowest BCUT2D eigenvalue weighted by Crippen LogP contribution is -2.49. The number of guanidine groups is 1. The van der Waals surface area contributed by atoms with Gasteiger partial charge < -0.3 is 30.3 Å². The van der Waals surface area contributed by atoms with Gasteiger partial charge in [0.1, 0.15) is 0 Å². The van der Waals surface area contributed by atoms with E-state index in [0.29, 0.717) is 37.7 Å². The maximum Gasteiger partial charge on any atom is 0.254 e. The molecule has 0 aliphatic carbocycles. The molecule has 2 amide bonds. The van der Waals surface area contributed by atoms with E-state index in [4.69, 9.17) is 9.47 Å². The highest BCUT2D eigenvalue weighted by Crippen LogP contribution is 2.32. The van der Waals surface area contributed by atoms with Crippen molar-refractivity contribution in [3.8, 4) is 11.5 Å². The highest BCUT2D eigenvalue weighted by Gasteiger charge is 2.22. The molecule has 0 unspecified atom stereocenters. The van der Waals surface area contributed by atoms with Gasteiger partial charge in [0.05, 0.1) is 6.54 Å². The highest BCUT2D eigenvalue weighted by atomic mass is 127. The molecule has 0 aromatic heterocycles. The minimum absolute atomic E-state index is 0. The van der Waals surface area contributed by atoms with E-state index in [9.17, 15) is 9.59 Å². The first-order valence-electron chi connectivity index (χ1n) is 10.1. The van der Waals surface area contributed by atoms with Crippen molar-refractivity contribution in [3.05, 3.63) is 59.2 Å². The van der Waals surface area contributed by atoms with Crippen molar-refractivity contribution in [2.45, 2.75) is 13.1 Å². The molecule has 2 aromatic carbocycles. The minimum Gasteiger partial charge on any atom is -0.454 e. The largest absolute Gasteiger partial charge is 0.454 e. The topological polar surface area (TPSA) is 104 Å². The molecule has 170 valence electrons. The van der Waals surface area contributed by atoms with Crippen LogP contribution in [0.4, 0.5) is 0 Å². The Balaban J connectivity index is 0.00000289. The molecule has 2 aliphatic rings. The normalized spacial score (nSPS) is 15.0. The number of ether oxygens (including phenoxy) is 2. The van der Waals surface area contributed by atoms with Gasteiger partial charge in [-0.15, -0.1) is 24.0 Å². The molecule has 0 radical (unpaired) electrons. The van der Waals surface area contributed by atoms with Gasteiger partial charge in [0, 0.05) is 38.8 Å². The molecule has 0 atom stereocenters. The van der Waals surface area contributed by atoms with Crippen LogP contribution in [0.2, 0.25) is 0 Å². The van der Waals surface area contributed by atoms with E-state index in [-0.39, 0.29) is 49.1 Å². The SMILES string of the molecule is CN=C(NCc1ccc(C(=O)N2CCNC(=O)C2)cc1)NCc1ccc2c(c1)OCO2.I. The first kappa shape index (κ1) is 23.6. The lowest BCUT2D eigenvalue weighted by Gasteiger charge is -2.26. The molecule has 0 bridgehead atoms. The molecular formula is C22H26IN5O4. The van der Waals surface area contributed by atoms with E-state index in [1.54, 1.807) is 24.1 Å². The van der Waals surface area contributed by atoms with E-state index in [2.05, 4.69) is 20.9 Å². The van der Waals surface area contributed by atoms with Crippen molar-refractivity contribution in [1.82, 2.24) is 20.9 Å². The summed E-state index contributed by atoms with van der Waals surface area (Å²) in [6.07, 6.45) is 0. The van der Waals surface area contributed by atoms with Gasteiger partial charge in [-0.3, -0.25) is 14.6 Å². The summed E-state index contributed by atoms with van der Waals surface area (Å²) in [6.45, 7) is 2.53. The molecule has 10 heteroatoms. The fourth-order valence-corrected chi connectivity index (χ4v) is 3.40. The van der Waals surface area contributed by atoms with Crippen molar-refractivity contribution in [1.29, 1.82) is 0 Å². The van der Waals surface area contributed by atoms with E-state index >= 15 is 0 Å². The monoisotopic (exact) mass is 551 g/mol. The van der Waals surface area contributed by atoms with Gasteiger partial charge in [0.2, 0.25) is 12.7 Å². The summed E-state index contributed by atoms with van der Waals surface area (Å²) in [4.78, 5) is 29.8. The van der Waals surface area contributed by atoms with Crippen LogP contribution in [0, 0.1) is 0 Å². The van der Waals surface area contributed by atoms with E-state index in [1.807, 2.05) is 30.3 Å². The van der Waals surface area contributed by atoms with Crippen LogP contribution in [0.25, 0.3) is 0 Å². The number of nitrogens with zero attached hydrogens (tertiary/aromatic N) is 2. The van der Waals surface area contributed by atoms with Crippen molar-refractivity contribution >= 4 is 41.8 Å². The number of benzene rings is 2. The van der Waals surface area contributed by atoms with E-state index in [1.165, 1.54) is 0 Å². The number of rotatable bonds is 5. The average Bonchev–Trinajstić information content (AvgIpc) is 3.27. The number of nitrogens with one attached hydrogen (secondary N) is 3. The fraction of sp³-hybridized carbons (Fsp3) is 0.318. The predicted molar refractivity (Wildman–Crippen MR) is 130 cm³/mol. The third kappa shape index (κ3) is 5.81. The zero-order valence-corrected chi connectivity index (χ0v) is 20.1. The van der Waals surface area contributed by atoms with Gasteiger partial charge in [0.25, 0.3) is 5.91 Å². The smallest absolute Gasteiger partial charge is 0.254 e. The van der Waals surface area contributed by atoms with Crippen LogP contribution < -0.4 is 25.4 Å². The van der Waals surface area contributed by atoms with Crippen LogP contribution in [0.1, 0.15) is 21.5 Å². The number of hydrogen-bond donors (Lipinski definition) is 3. The lowest BCUT2D eigenvalue weighted by atomic mass is 10.1. The number of carbonyl (C=O) groups is 2. The molecule has 0 saturated carbocycles. The summed E-state index contributed by atoms with van der Waals surface area (Å²) in [6, 6.07) is 13.2. The summed E-state index contributed by atoms with van der Waals surface area (Å²) in [5.41, 5.74) is 2.64. The summed E-state index contributed by atoms with van der Waals surface area (Å²) in [5, 5.41) is 9.25. The Bertz CT molecular complexity index is 996. The highest BCUT2D eigenvalue weighted by molar-refractivity contribution is 14.0. The third-order valence-electron chi connectivity index (χ3n) is 5.11. The summed E-state index contributed by atoms with van der Waals surface area (Å²) >= 11 is 0. The van der Waals surface area contributed by atoms with Crippen LogP contribution in [0.15, 0.2) is 47.5 Å². The van der Waals surface area contributed by atoms with Crippen molar-refractivity contribution in [2.24, 2.45) is 4.99 Å². The van der Waals surface area contributed by atoms with Gasteiger partial charge in [-0.1, -0.05) is 18.2 Å². The third-order valence-corrected chi connectivity index (χ3v) is 5.11. The molecule has 1 saturated heterocycles. The Kier molecular flexibility index (Phi) is 8.14. The molecule has 2 aliphatic heterocycles. The van der Waals surface area contributed by atoms with Crippen molar-refractivity contribution < 1.29 is 19.1 Å². The molecular weight excluding hydrogens is 525 g/mol. The number of halogens is 1. The Morgan fingerprint density at radius 1 is 1.06 bits per heavy atom. The standard InChI is InChI=1S/C22H25N5O4.HI/c1-23-22(26-12-16-4-7-18-19(10-16)31-14-30-18)25-11-15-2-5-17(6-3-15)21(29)27-9-8-24-20(28)13-27;/h2-7,10H,8-9,11-14H2,1H3,(H,24,28)(H2,23,25,26);1H. The van der Waals surface area contributed by atoms with Crippen LogP contribution in [0.5, 0.6) is 11.5 Å². The molecule has 32 heavy (non-hydrogen) atoms. The molecule has 9 nitrogen and oxygen atoms in total. The predicted octanol–water partition coefficient (Wildman–Crippen LogP) is 1.47. The maximum absolute atomic E-state index is 12.5. The molecule has 0 spiro atoms. The van der Waals surface area contributed by atoms with Crippen molar-refractivity contribution in [3.63, 3.8) is 0 Å². The van der Waals surface area contributed by atoms with Crippen LogP contribution in [0.3, 0.4) is 0 Å². The van der Waals surface area contributed by atoms with Crippen LogP contribution in [-0.4, -0.2) is 56.1 Å². The number of aliphatic imine (C=N–C) groups is 1. The van der Waals surface area contributed by atoms with Crippen LogP contribution in [-0.2, 0) is 17.9 Å². The lowest BCUT2D eigenvalue weighted by molar-refractivity contribution is -0.123. The first-order chi connectivity index (χ1) is 15.1. The van der Waals surface area contributed by atoms with E-state index < -0.39 is 0 Å². The second-order valence-electron chi connectivity index (χ2n) is 7.24. The Morgan fingerprint density at radius 2 is 1.75 bits per heavy atom. The first-order valence-corrected chi connectivity index (χ1v) is 10.1.